The second-order valence-corrected chi connectivity index (χ2v) is 4.03. The highest BCUT2D eigenvalue weighted by Gasteiger charge is 2.30. The number of hydrogen-bond donors (Lipinski definition) is 1. The summed E-state index contributed by atoms with van der Waals surface area (Å²) in [5, 5.41) is 9.11. The molecule has 0 bridgehead atoms. The number of nitrogens with zero attached hydrogens (tertiary/aromatic N) is 1. The van der Waals surface area contributed by atoms with Crippen LogP contribution in [0.2, 0.25) is 0 Å². The van der Waals surface area contributed by atoms with Gasteiger partial charge in [-0.1, -0.05) is 0 Å². The Morgan fingerprint density at radius 1 is 1.56 bits per heavy atom. The predicted octanol–water partition coefficient (Wildman–Crippen LogP) is 0.879. The van der Waals surface area contributed by atoms with E-state index in [0.717, 1.165) is 12.8 Å². The lowest BCUT2D eigenvalue weighted by atomic mass is 10.0. The van der Waals surface area contributed by atoms with Crippen LogP contribution in [0.3, 0.4) is 0 Å². The molecule has 0 aromatic rings. The number of carbonyl (C=O) groups excluding carboxylic acids is 1. The first-order valence-electron chi connectivity index (χ1n) is 5.68. The monoisotopic (exact) mass is 229 g/mol. The van der Waals surface area contributed by atoms with Crippen LogP contribution in [0.15, 0.2) is 0 Å². The first-order valence-corrected chi connectivity index (χ1v) is 5.68. The number of aliphatic carboxylic acids is 1. The van der Waals surface area contributed by atoms with Crippen molar-refractivity contribution in [3.63, 3.8) is 0 Å². The van der Waals surface area contributed by atoms with Crippen molar-refractivity contribution < 1.29 is 19.4 Å². The van der Waals surface area contributed by atoms with Crippen molar-refractivity contribution in [3.8, 4) is 0 Å². The SMILES string of the molecule is COCCCC(C(=O)O)N1CCCCC1=O. The van der Waals surface area contributed by atoms with Crippen LogP contribution in [0, 0.1) is 0 Å². The van der Waals surface area contributed by atoms with Crippen molar-refractivity contribution in [1.29, 1.82) is 0 Å². The van der Waals surface area contributed by atoms with Crippen LogP contribution < -0.4 is 0 Å². The summed E-state index contributed by atoms with van der Waals surface area (Å²) >= 11 is 0. The van der Waals surface area contributed by atoms with Gasteiger partial charge in [-0.25, -0.2) is 4.79 Å². The Morgan fingerprint density at radius 2 is 2.31 bits per heavy atom. The van der Waals surface area contributed by atoms with Gasteiger partial charge in [0, 0.05) is 26.7 Å². The van der Waals surface area contributed by atoms with Crippen LogP contribution in [-0.2, 0) is 14.3 Å². The number of amides is 1. The molecule has 0 radical (unpaired) electrons. The molecule has 1 fully saturated rings. The van der Waals surface area contributed by atoms with E-state index in [1.54, 1.807) is 7.11 Å². The van der Waals surface area contributed by atoms with Gasteiger partial charge in [0.25, 0.3) is 0 Å². The normalized spacial score (nSPS) is 18.6. The van der Waals surface area contributed by atoms with Crippen molar-refractivity contribution >= 4 is 11.9 Å². The molecule has 1 N–H and O–H groups in total. The highest BCUT2D eigenvalue weighted by atomic mass is 16.5. The number of hydrogen-bond acceptors (Lipinski definition) is 3. The van der Waals surface area contributed by atoms with Crippen molar-refractivity contribution in [3.05, 3.63) is 0 Å². The van der Waals surface area contributed by atoms with Crippen molar-refractivity contribution in [2.24, 2.45) is 0 Å². The summed E-state index contributed by atoms with van der Waals surface area (Å²) in [6.07, 6.45) is 3.39. The van der Waals surface area contributed by atoms with Gasteiger partial charge in [-0.3, -0.25) is 4.79 Å². The van der Waals surface area contributed by atoms with Gasteiger partial charge in [-0.15, -0.1) is 0 Å². The molecule has 1 unspecified atom stereocenters. The maximum Gasteiger partial charge on any atom is 0.326 e. The lowest BCUT2D eigenvalue weighted by Crippen LogP contribution is -2.47. The first-order chi connectivity index (χ1) is 7.66. The van der Waals surface area contributed by atoms with Crippen molar-refractivity contribution in [1.82, 2.24) is 4.90 Å². The molecule has 1 rings (SSSR count). The van der Waals surface area contributed by atoms with Crippen LogP contribution in [-0.4, -0.2) is 48.2 Å². The van der Waals surface area contributed by atoms with Gasteiger partial charge in [0.2, 0.25) is 5.91 Å². The Bertz CT molecular complexity index is 254. The van der Waals surface area contributed by atoms with Gasteiger partial charge < -0.3 is 14.7 Å². The quantitative estimate of drug-likeness (QED) is 0.686. The average molecular weight is 229 g/mol. The van der Waals surface area contributed by atoms with E-state index < -0.39 is 12.0 Å². The molecule has 1 aliphatic heterocycles. The molecule has 92 valence electrons. The third kappa shape index (κ3) is 3.48. The van der Waals surface area contributed by atoms with Gasteiger partial charge in [-0.2, -0.15) is 0 Å². The molecule has 1 atom stereocenters. The summed E-state index contributed by atoms with van der Waals surface area (Å²) in [5.41, 5.74) is 0. The molecule has 1 heterocycles. The minimum atomic E-state index is -0.911. The first kappa shape index (κ1) is 13.0. The zero-order valence-electron chi connectivity index (χ0n) is 9.65. The van der Waals surface area contributed by atoms with Crippen LogP contribution in [0.5, 0.6) is 0 Å². The molecule has 5 nitrogen and oxygen atoms in total. The number of piperidine rings is 1. The predicted molar refractivity (Wildman–Crippen MR) is 58.1 cm³/mol. The minimum absolute atomic E-state index is 0.0314. The summed E-state index contributed by atoms with van der Waals surface area (Å²) in [6, 6.07) is -0.678. The molecule has 1 amide bonds. The molecular formula is C11H19NO4. The Kier molecular flexibility index (Phi) is 5.25. The van der Waals surface area contributed by atoms with E-state index in [4.69, 9.17) is 9.84 Å². The molecule has 16 heavy (non-hydrogen) atoms. The Hall–Kier alpha value is -1.10. The van der Waals surface area contributed by atoms with Gasteiger partial charge in [-0.05, 0) is 25.7 Å². The van der Waals surface area contributed by atoms with E-state index in [-0.39, 0.29) is 5.91 Å². The van der Waals surface area contributed by atoms with Crippen LogP contribution in [0.25, 0.3) is 0 Å². The third-order valence-corrected chi connectivity index (χ3v) is 2.85. The number of carboxylic acid groups (broad SMARTS) is 1. The van der Waals surface area contributed by atoms with E-state index in [9.17, 15) is 9.59 Å². The number of likely N-dealkylation sites (tertiary alicyclic amines) is 1. The fourth-order valence-electron chi connectivity index (χ4n) is 1.99. The molecule has 1 aliphatic rings. The molecular weight excluding hydrogens is 210 g/mol. The number of methoxy groups -OCH3 is 1. The van der Waals surface area contributed by atoms with Gasteiger partial charge in [0.1, 0.15) is 6.04 Å². The standard InChI is InChI=1S/C11H19NO4/c1-16-8-4-5-9(11(14)15)12-7-3-2-6-10(12)13/h9H,2-8H2,1H3,(H,14,15). The van der Waals surface area contributed by atoms with Crippen molar-refractivity contribution in [2.45, 2.75) is 38.1 Å². The number of carbonyl (C=O) groups is 2. The van der Waals surface area contributed by atoms with Gasteiger partial charge >= 0.3 is 5.97 Å². The summed E-state index contributed by atoms with van der Waals surface area (Å²) in [6.45, 7) is 1.11. The number of carboxylic acids is 1. The third-order valence-electron chi connectivity index (χ3n) is 2.85. The maximum absolute atomic E-state index is 11.6. The molecule has 0 aromatic heterocycles. The summed E-state index contributed by atoms with van der Waals surface area (Å²) in [4.78, 5) is 24.2. The fourth-order valence-corrected chi connectivity index (χ4v) is 1.99. The zero-order chi connectivity index (χ0) is 12.0. The second kappa shape index (κ2) is 6.48. The lowest BCUT2D eigenvalue weighted by Gasteiger charge is -2.32. The fraction of sp³-hybridized carbons (Fsp3) is 0.818. The number of rotatable bonds is 6. The Morgan fingerprint density at radius 3 is 2.88 bits per heavy atom. The van der Waals surface area contributed by atoms with E-state index >= 15 is 0 Å². The Balaban J connectivity index is 2.53. The van der Waals surface area contributed by atoms with E-state index in [2.05, 4.69) is 0 Å². The lowest BCUT2D eigenvalue weighted by molar-refractivity contribution is -0.152. The summed E-state index contributed by atoms with van der Waals surface area (Å²) in [5.74, 6) is -0.942. The Labute approximate surface area is 95.4 Å². The van der Waals surface area contributed by atoms with Crippen LogP contribution >= 0.6 is 0 Å². The topological polar surface area (TPSA) is 66.8 Å². The second-order valence-electron chi connectivity index (χ2n) is 4.03. The molecule has 0 aliphatic carbocycles. The van der Waals surface area contributed by atoms with Crippen LogP contribution in [0.4, 0.5) is 0 Å². The molecule has 0 spiro atoms. The molecule has 1 saturated heterocycles. The van der Waals surface area contributed by atoms with E-state index in [0.29, 0.717) is 32.4 Å². The van der Waals surface area contributed by atoms with Crippen LogP contribution in [0.1, 0.15) is 32.1 Å². The van der Waals surface area contributed by atoms with Crippen molar-refractivity contribution in [2.75, 3.05) is 20.3 Å². The largest absolute Gasteiger partial charge is 0.480 e. The smallest absolute Gasteiger partial charge is 0.326 e. The highest BCUT2D eigenvalue weighted by Crippen LogP contribution is 2.17. The van der Waals surface area contributed by atoms with Gasteiger partial charge in [0.05, 0.1) is 0 Å². The summed E-state index contributed by atoms with van der Waals surface area (Å²) < 4.78 is 4.89. The molecule has 5 heteroatoms. The molecule has 0 saturated carbocycles. The average Bonchev–Trinajstić information content (AvgIpc) is 2.25. The van der Waals surface area contributed by atoms with E-state index in [1.165, 1.54) is 4.90 Å². The number of ether oxygens (including phenoxy) is 1. The maximum atomic E-state index is 11.6. The zero-order valence-corrected chi connectivity index (χ0v) is 9.65. The summed E-state index contributed by atoms with van der Waals surface area (Å²) in [7, 11) is 1.59. The van der Waals surface area contributed by atoms with Gasteiger partial charge in [0.15, 0.2) is 0 Å². The highest BCUT2D eigenvalue weighted by molar-refractivity contribution is 5.84. The molecule has 0 aromatic carbocycles. The van der Waals surface area contributed by atoms with E-state index in [1.807, 2.05) is 0 Å². The minimum Gasteiger partial charge on any atom is -0.480 e.